The smallest absolute Gasteiger partial charge is 0.0592 e. The number of nitrogens with zero attached hydrogens (tertiary/aromatic N) is 2. The first kappa shape index (κ1) is 14.5. The largest absolute Gasteiger partial charge is 0.329 e. The molecule has 1 atom stereocenters. The molecule has 0 aromatic carbocycles. The van der Waals surface area contributed by atoms with Gasteiger partial charge in [-0.25, -0.2) is 0 Å². The van der Waals surface area contributed by atoms with Gasteiger partial charge in [-0.05, 0) is 25.2 Å². The van der Waals surface area contributed by atoms with Crippen LogP contribution in [0.3, 0.4) is 0 Å². The number of nitrogens with two attached hydrogens (primary N) is 1. The first-order valence-electron chi connectivity index (χ1n) is 6.26. The highest BCUT2D eigenvalue weighted by atomic mass is 32.2. The van der Waals surface area contributed by atoms with Gasteiger partial charge < -0.3 is 10.6 Å². The van der Waals surface area contributed by atoms with Crippen LogP contribution in [0.25, 0.3) is 0 Å². The molecule has 2 N–H and O–H groups in total. The van der Waals surface area contributed by atoms with Crippen molar-refractivity contribution in [3.05, 3.63) is 30.1 Å². The standard InChI is InChI=1S/C13H23N3S/c1-3-16(4-2)9-10-17-13(11-14)12-7-5-6-8-15-12/h5-8,13H,3-4,9-11,14H2,1-2H3. The Kier molecular flexibility index (Phi) is 7.24. The van der Waals surface area contributed by atoms with E-state index in [4.69, 9.17) is 5.73 Å². The molecule has 1 aromatic rings. The molecule has 0 aliphatic rings. The molecule has 0 radical (unpaired) electrons. The van der Waals surface area contributed by atoms with Crippen molar-refractivity contribution in [1.82, 2.24) is 9.88 Å². The van der Waals surface area contributed by atoms with E-state index in [-0.39, 0.29) is 0 Å². The van der Waals surface area contributed by atoms with E-state index < -0.39 is 0 Å². The van der Waals surface area contributed by atoms with Crippen LogP contribution in [0.1, 0.15) is 24.8 Å². The van der Waals surface area contributed by atoms with Gasteiger partial charge in [0.1, 0.15) is 0 Å². The van der Waals surface area contributed by atoms with Crippen LogP contribution in [0.2, 0.25) is 0 Å². The molecule has 96 valence electrons. The molecule has 1 aromatic heterocycles. The minimum Gasteiger partial charge on any atom is -0.329 e. The second kappa shape index (κ2) is 8.50. The summed E-state index contributed by atoms with van der Waals surface area (Å²) in [5, 5.41) is 0.326. The average Bonchev–Trinajstić information content (AvgIpc) is 2.40. The third-order valence-electron chi connectivity index (χ3n) is 2.85. The quantitative estimate of drug-likeness (QED) is 0.771. The highest BCUT2D eigenvalue weighted by Crippen LogP contribution is 2.25. The minimum absolute atomic E-state index is 0.326. The van der Waals surface area contributed by atoms with E-state index in [0.29, 0.717) is 11.8 Å². The molecule has 3 nitrogen and oxygen atoms in total. The number of hydrogen-bond acceptors (Lipinski definition) is 4. The summed E-state index contributed by atoms with van der Waals surface area (Å²) >= 11 is 1.90. The molecular formula is C13H23N3S. The summed E-state index contributed by atoms with van der Waals surface area (Å²) in [5.41, 5.74) is 6.91. The van der Waals surface area contributed by atoms with Gasteiger partial charge in [-0.1, -0.05) is 19.9 Å². The van der Waals surface area contributed by atoms with Crippen LogP contribution in [-0.4, -0.2) is 41.8 Å². The first-order chi connectivity index (χ1) is 8.31. The fraction of sp³-hybridized carbons (Fsp3) is 0.615. The van der Waals surface area contributed by atoms with Gasteiger partial charge in [0.25, 0.3) is 0 Å². The molecule has 0 saturated carbocycles. The molecule has 1 heterocycles. The van der Waals surface area contributed by atoms with Crippen LogP contribution in [0.4, 0.5) is 0 Å². The van der Waals surface area contributed by atoms with Crippen LogP contribution < -0.4 is 5.73 Å². The Bertz CT molecular complexity index is 288. The summed E-state index contributed by atoms with van der Waals surface area (Å²) in [6.45, 7) is 8.42. The van der Waals surface area contributed by atoms with E-state index >= 15 is 0 Å². The lowest BCUT2D eigenvalue weighted by Gasteiger charge is -2.19. The minimum atomic E-state index is 0.326. The van der Waals surface area contributed by atoms with Crippen LogP contribution >= 0.6 is 11.8 Å². The molecule has 0 fully saturated rings. The van der Waals surface area contributed by atoms with E-state index in [2.05, 4.69) is 29.8 Å². The maximum Gasteiger partial charge on any atom is 0.0592 e. The van der Waals surface area contributed by atoms with Gasteiger partial charge in [0, 0.05) is 25.0 Å². The van der Waals surface area contributed by atoms with Gasteiger partial charge >= 0.3 is 0 Å². The lowest BCUT2D eigenvalue weighted by molar-refractivity contribution is 0.323. The third-order valence-corrected chi connectivity index (χ3v) is 4.11. The number of aromatic nitrogens is 1. The summed E-state index contributed by atoms with van der Waals surface area (Å²) < 4.78 is 0. The second-order valence-corrected chi connectivity index (χ2v) is 5.19. The van der Waals surface area contributed by atoms with Crippen LogP contribution in [0.15, 0.2) is 24.4 Å². The fourth-order valence-corrected chi connectivity index (χ4v) is 2.80. The van der Waals surface area contributed by atoms with E-state index in [1.807, 2.05) is 30.1 Å². The zero-order valence-electron chi connectivity index (χ0n) is 10.8. The Morgan fingerprint density at radius 3 is 2.65 bits per heavy atom. The SMILES string of the molecule is CCN(CC)CCSC(CN)c1ccccn1. The topological polar surface area (TPSA) is 42.1 Å². The number of thioether (sulfide) groups is 1. The molecular weight excluding hydrogens is 230 g/mol. The molecule has 0 bridgehead atoms. The second-order valence-electron chi connectivity index (χ2n) is 3.88. The van der Waals surface area contributed by atoms with Crippen molar-refractivity contribution in [1.29, 1.82) is 0 Å². The Morgan fingerprint density at radius 2 is 2.12 bits per heavy atom. The molecule has 4 heteroatoms. The normalized spacial score (nSPS) is 12.9. The van der Waals surface area contributed by atoms with Gasteiger partial charge in [0.2, 0.25) is 0 Å². The molecule has 0 amide bonds. The lowest BCUT2D eigenvalue weighted by Crippen LogP contribution is -2.26. The zero-order valence-corrected chi connectivity index (χ0v) is 11.6. The average molecular weight is 253 g/mol. The summed E-state index contributed by atoms with van der Waals surface area (Å²) in [6.07, 6.45) is 1.84. The molecule has 0 saturated heterocycles. The maximum absolute atomic E-state index is 5.81. The lowest BCUT2D eigenvalue weighted by atomic mass is 10.3. The summed E-state index contributed by atoms with van der Waals surface area (Å²) in [7, 11) is 0. The van der Waals surface area contributed by atoms with Crippen molar-refractivity contribution in [3.8, 4) is 0 Å². The van der Waals surface area contributed by atoms with Gasteiger partial charge in [-0.2, -0.15) is 0 Å². The van der Waals surface area contributed by atoms with Crippen molar-refractivity contribution in [2.24, 2.45) is 5.73 Å². The fourth-order valence-electron chi connectivity index (χ4n) is 1.70. The van der Waals surface area contributed by atoms with Crippen molar-refractivity contribution >= 4 is 11.8 Å². The van der Waals surface area contributed by atoms with E-state index in [9.17, 15) is 0 Å². The van der Waals surface area contributed by atoms with Crippen LogP contribution in [-0.2, 0) is 0 Å². The Labute approximate surface area is 109 Å². The van der Waals surface area contributed by atoms with Crippen LogP contribution in [0, 0.1) is 0 Å². The number of pyridine rings is 1. The van der Waals surface area contributed by atoms with Gasteiger partial charge in [-0.15, -0.1) is 11.8 Å². The Morgan fingerprint density at radius 1 is 1.35 bits per heavy atom. The van der Waals surface area contributed by atoms with Gasteiger partial charge in [0.05, 0.1) is 10.9 Å². The van der Waals surface area contributed by atoms with Crippen molar-refractivity contribution in [3.63, 3.8) is 0 Å². The van der Waals surface area contributed by atoms with Crippen LogP contribution in [0.5, 0.6) is 0 Å². The summed E-state index contributed by atoms with van der Waals surface area (Å²) in [5.74, 6) is 1.11. The molecule has 0 aliphatic heterocycles. The Hall–Kier alpha value is -0.580. The number of hydrogen-bond donors (Lipinski definition) is 1. The predicted molar refractivity (Wildman–Crippen MR) is 76.3 cm³/mol. The third kappa shape index (κ3) is 5.06. The molecule has 0 aliphatic carbocycles. The van der Waals surface area contributed by atoms with Crippen molar-refractivity contribution in [2.75, 3.05) is 31.9 Å². The van der Waals surface area contributed by atoms with Crippen molar-refractivity contribution in [2.45, 2.75) is 19.1 Å². The Balaban J connectivity index is 2.38. The summed E-state index contributed by atoms with van der Waals surface area (Å²) in [6, 6.07) is 6.02. The van der Waals surface area contributed by atoms with E-state index in [1.165, 1.54) is 0 Å². The highest BCUT2D eigenvalue weighted by molar-refractivity contribution is 7.99. The predicted octanol–water partition coefficient (Wildman–Crippen LogP) is 2.16. The first-order valence-corrected chi connectivity index (χ1v) is 7.31. The van der Waals surface area contributed by atoms with Crippen molar-refractivity contribution < 1.29 is 0 Å². The van der Waals surface area contributed by atoms with E-state index in [1.54, 1.807) is 0 Å². The molecule has 1 unspecified atom stereocenters. The maximum atomic E-state index is 5.81. The number of rotatable bonds is 8. The van der Waals surface area contributed by atoms with Gasteiger partial charge in [-0.3, -0.25) is 4.98 Å². The van der Waals surface area contributed by atoms with Gasteiger partial charge in [0.15, 0.2) is 0 Å². The highest BCUT2D eigenvalue weighted by Gasteiger charge is 2.11. The molecule has 1 rings (SSSR count). The van der Waals surface area contributed by atoms with E-state index in [0.717, 1.165) is 31.1 Å². The molecule has 0 spiro atoms. The molecule has 17 heavy (non-hydrogen) atoms. The monoisotopic (exact) mass is 253 g/mol. The zero-order chi connectivity index (χ0) is 12.5. The summed E-state index contributed by atoms with van der Waals surface area (Å²) in [4.78, 5) is 6.80.